The first-order valence-electron chi connectivity index (χ1n) is 6.32. The van der Waals surface area contributed by atoms with Crippen LogP contribution in [0.5, 0.6) is 0 Å². The standard InChI is InChI=1S/C15H20ClN/c1-11-9-14(16)10-12(2)15(11)4-3-13-5-7-17-8-6-13/h3-4,9-10,13,17H,5-8H2,1-2H3/b4-3+. The normalized spacial score (nSPS) is 17.8. The molecule has 92 valence electrons. The van der Waals surface area contributed by atoms with Gasteiger partial charge in [0.1, 0.15) is 0 Å². The summed E-state index contributed by atoms with van der Waals surface area (Å²) >= 11 is 6.04. The molecule has 1 aliphatic heterocycles. The second-order valence-electron chi connectivity index (χ2n) is 4.90. The Labute approximate surface area is 109 Å². The van der Waals surface area contributed by atoms with Crippen molar-refractivity contribution in [3.63, 3.8) is 0 Å². The zero-order chi connectivity index (χ0) is 12.3. The van der Waals surface area contributed by atoms with Gasteiger partial charge in [-0.05, 0) is 74.5 Å². The maximum Gasteiger partial charge on any atom is 0.0411 e. The van der Waals surface area contributed by atoms with E-state index in [9.17, 15) is 0 Å². The van der Waals surface area contributed by atoms with Crippen molar-refractivity contribution in [2.45, 2.75) is 26.7 Å². The Bertz CT molecular complexity index is 394. The molecule has 17 heavy (non-hydrogen) atoms. The van der Waals surface area contributed by atoms with E-state index >= 15 is 0 Å². The second-order valence-corrected chi connectivity index (χ2v) is 5.34. The zero-order valence-electron chi connectivity index (χ0n) is 10.6. The van der Waals surface area contributed by atoms with E-state index in [1.807, 2.05) is 12.1 Å². The number of aryl methyl sites for hydroxylation is 2. The first kappa shape index (κ1) is 12.7. The number of rotatable bonds is 2. The van der Waals surface area contributed by atoms with Crippen LogP contribution in [0.2, 0.25) is 5.02 Å². The molecule has 0 aliphatic carbocycles. The minimum absolute atomic E-state index is 0.728. The molecule has 1 N–H and O–H groups in total. The molecular weight excluding hydrogens is 230 g/mol. The smallest absolute Gasteiger partial charge is 0.0411 e. The molecule has 1 heterocycles. The molecule has 0 aromatic heterocycles. The topological polar surface area (TPSA) is 12.0 Å². The zero-order valence-corrected chi connectivity index (χ0v) is 11.3. The molecule has 2 rings (SSSR count). The predicted molar refractivity (Wildman–Crippen MR) is 75.6 cm³/mol. The van der Waals surface area contributed by atoms with Gasteiger partial charge in [0, 0.05) is 5.02 Å². The Morgan fingerprint density at radius 3 is 2.35 bits per heavy atom. The minimum atomic E-state index is 0.728. The van der Waals surface area contributed by atoms with Crippen molar-refractivity contribution >= 4 is 17.7 Å². The first-order valence-corrected chi connectivity index (χ1v) is 6.70. The van der Waals surface area contributed by atoms with Crippen LogP contribution in [-0.2, 0) is 0 Å². The monoisotopic (exact) mass is 249 g/mol. The fourth-order valence-electron chi connectivity index (χ4n) is 2.45. The van der Waals surface area contributed by atoms with Gasteiger partial charge in [-0.2, -0.15) is 0 Å². The number of benzene rings is 1. The molecule has 1 aromatic rings. The van der Waals surface area contributed by atoms with Gasteiger partial charge in [-0.3, -0.25) is 0 Å². The molecule has 0 bridgehead atoms. The van der Waals surface area contributed by atoms with E-state index in [2.05, 4.69) is 31.3 Å². The van der Waals surface area contributed by atoms with Gasteiger partial charge in [0.2, 0.25) is 0 Å². The SMILES string of the molecule is Cc1cc(Cl)cc(C)c1/C=C/C1CCNCC1. The lowest BCUT2D eigenvalue weighted by Gasteiger charge is -2.19. The fraction of sp³-hybridized carbons (Fsp3) is 0.467. The Hall–Kier alpha value is -0.790. The van der Waals surface area contributed by atoms with Crippen molar-refractivity contribution in [2.24, 2.45) is 5.92 Å². The van der Waals surface area contributed by atoms with Crippen molar-refractivity contribution in [3.05, 3.63) is 39.9 Å². The molecule has 0 saturated carbocycles. The van der Waals surface area contributed by atoms with Gasteiger partial charge in [0.15, 0.2) is 0 Å². The average Bonchev–Trinajstić information content (AvgIpc) is 2.29. The molecule has 2 heteroatoms. The molecule has 1 aromatic carbocycles. The summed E-state index contributed by atoms with van der Waals surface area (Å²) in [6.45, 7) is 6.54. The molecule has 0 spiro atoms. The van der Waals surface area contributed by atoms with Crippen molar-refractivity contribution < 1.29 is 0 Å². The Balaban J connectivity index is 2.14. The molecule has 0 amide bonds. The maximum atomic E-state index is 6.04. The van der Waals surface area contributed by atoms with Gasteiger partial charge in [-0.15, -0.1) is 0 Å². The highest BCUT2D eigenvalue weighted by atomic mass is 35.5. The molecule has 0 radical (unpaired) electrons. The quantitative estimate of drug-likeness (QED) is 0.836. The minimum Gasteiger partial charge on any atom is -0.317 e. The number of nitrogens with one attached hydrogen (secondary N) is 1. The first-order chi connectivity index (χ1) is 8.16. The number of hydrogen-bond acceptors (Lipinski definition) is 1. The van der Waals surface area contributed by atoms with Crippen LogP contribution in [0.15, 0.2) is 18.2 Å². The Morgan fingerprint density at radius 2 is 1.76 bits per heavy atom. The highest BCUT2D eigenvalue weighted by Gasteiger charge is 2.09. The van der Waals surface area contributed by atoms with E-state index < -0.39 is 0 Å². The summed E-state index contributed by atoms with van der Waals surface area (Å²) in [5, 5.41) is 4.22. The van der Waals surface area contributed by atoms with Crippen LogP contribution in [0.4, 0.5) is 0 Å². The summed E-state index contributed by atoms with van der Waals surface area (Å²) in [5.41, 5.74) is 3.85. The molecule has 1 saturated heterocycles. The molecule has 1 fully saturated rings. The van der Waals surface area contributed by atoms with Gasteiger partial charge in [-0.25, -0.2) is 0 Å². The van der Waals surface area contributed by atoms with E-state index in [0.29, 0.717) is 0 Å². The summed E-state index contributed by atoms with van der Waals surface area (Å²) < 4.78 is 0. The fourth-order valence-corrected chi connectivity index (χ4v) is 2.78. The van der Waals surface area contributed by atoms with Crippen LogP contribution >= 0.6 is 11.6 Å². The molecule has 1 aliphatic rings. The van der Waals surface area contributed by atoms with Crippen molar-refractivity contribution in [1.29, 1.82) is 0 Å². The summed E-state index contributed by atoms with van der Waals surface area (Å²) in [7, 11) is 0. The number of halogens is 1. The molecular formula is C15H20ClN. The van der Waals surface area contributed by atoms with Crippen molar-refractivity contribution in [2.75, 3.05) is 13.1 Å². The van der Waals surface area contributed by atoms with Gasteiger partial charge < -0.3 is 5.32 Å². The highest BCUT2D eigenvalue weighted by molar-refractivity contribution is 6.30. The Morgan fingerprint density at radius 1 is 1.18 bits per heavy atom. The van der Waals surface area contributed by atoms with Crippen LogP contribution in [0.1, 0.15) is 29.5 Å². The van der Waals surface area contributed by atoms with Crippen LogP contribution in [0.3, 0.4) is 0 Å². The van der Waals surface area contributed by atoms with Crippen LogP contribution < -0.4 is 5.32 Å². The largest absolute Gasteiger partial charge is 0.317 e. The highest BCUT2D eigenvalue weighted by Crippen LogP contribution is 2.23. The molecule has 0 unspecified atom stereocenters. The third-order valence-electron chi connectivity index (χ3n) is 3.48. The van der Waals surface area contributed by atoms with Gasteiger partial charge in [0.25, 0.3) is 0 Å². The van der Waals surface area contributed by atoms with Gasteiger partial charge >= 0.3 is 0 Å². The number of hydrogen-bond donors (Lipinski definition) is 1. The average molecular weight is 250 g/mol. The van der Waals surface area contributed by atoms with Crippen LogP contribution in [0, 0.1) is 19.8 Å². The van der Waals surface area contributed by atoms with E-state index in [1.165, 1.54) is 29.5 Å². The third kappa shape index (κ3) is 3.34. The Kier molecular flexibility index (Phi) is 4.25. The van der Waals surface area contributed by atoms with Gasteiger partial charge in [0.05, 0.1) is 0 Å². The van der Waals surface area contributed by atoms with Gasteiger partial charge in [-0.1, -0.05) is 23.8 Å². The van der Waals surface area contributed by atoms with E-state index in [-0.39, 0.29) is 0 Å². The summed E-state index contributed by atoms with van der Waals surface area (Å²) in [6.07, 6.45) is 7.14. The predicted octanol–water partition coefficient (Wildman–Crippen LogP) is 3.97. The maximum absolute atomic E-state index is 6.04. The van der Waals surface area contributed by atoms with Crippen molar-refractivity contribution in [1.82, 2.24) is 5.32 Å². The summed E-state index contributed by atoms with van der Waals surface area (Å²) in [5.74, 6) is 0.728. The van der Waals surface area contributed by atoms with Crippen molar-refractivity contribution in [3.8, 4) is 0 Å². The van der Waals surface area contributed by atoms with Crippen LogP contribution in [0.25, 0.3) is 6.08 Å². The van der Waals surface area contributed by atoms with E-state index in [1.54, 1.807) is 0 Å². The van der Waals surface area contributed by atoms with E-state index in [0.717, 1.165) is 24.0 Å². The molecule has 0 atom stereocenters. The number of allylic oxidation sites excluding steroid dienone is 1. The van der Waals surface area contributed by atoms with Crippen LogP contribution in [-0.4, -0.2) is 13.1 Å². The summed E-state index contributed by atoms with van der Waals surface area (Å²) in [6, 6.07) is 4.08. The molecule has 1 nitrogen and oxygen atoms in total. The van der Waals surface area contributed by atoms with E-state index in [4.69, 9.17) is 11.6 Å². The lowest BCUT2D eigenvalue weighted by molar-refractivity contribution is 0.438. The lowest BCUT2D eigenvalue weighted by atomic mass is 9.95. The summed E-state index contributed by atoms with van der Waals surface area (Å²) in [4.78, 5) is 0. The second kappa shape index (κ2) is 5.70. The lowest BCUT2D eigenvalue weighted by Crippen LogP contribution is -2.26. The third-order valence-corrected chi connectivity index (χ3v) is 3.70. The number of piperidine rings is 1.